The summed E-state index contributed by atoms with van der Waals surface area (Å²) >= 11 is 0. The van der Waals surface area contributed by atoms with Gasteiger partial charge in [0.15, 0.2) is 0 Å². The Balaban J connectivity index is 2.08. The molecular weight excluding hydrogens is 294 g/mol. The molecule has 0 aliphatic rings. The maximum atomic E-state index is 10.9. The number of nitro benzene ring substituents is 1. The van der Waals surface area contributed by atoms with E-state index in [1.165, 1.54) is 18.5 Å². The van der Waals surface area contributed by atoms with Crippen LogP contribution in [0.1, 0.15) is 20.8 Å². The van der Waals surface area contributed by atoms with Gasteiger partial charge in [-0.15, -0.1) is 0 Å². The minimum atomic E-state index is -0.404. The van der Waals surface area contributed by atoms with Crippen molar-refractivity contribution < 1.29 is 4.92 Å². The number of nitrogens with zero attached hydrogens (tertiary/aromatic N) is 3. The van der Waals surface area contributed by atoms with Crippen LogP contribution in [0.3, 0.4) is 0 Å². The molecule has 3 rings (SSSR count). The van der Waals surface area contributed by atoms with Crippen molar-refractivity contribution in [3.05, 3.63) is 46.8 Å². The second-order valence-electron chi connectivity index (χ2n) is 6.35. The largest absolute Gasteiger partial charge is 0.365 e. The SMILES string of the molecule is CC(C)(C)Nc1ncnc2[nH]c(-c3cccc([N+](=O)[O-])c3)cc12. The average molecular weight is 311 g/mol. The number of non-ortho nitro benzene ring substituents is 1. The van der Waals surface area contributed by atoms with E-state index in [-0.39, 0.29) is 11.2 Å². The molecule has 0 aliphatic carbocycles. The van der Waals surface area contributed by atoms with Crippen LogP contribution in [0.25, 0.3) is 22.3 Å². The van der Waals surface area contributed by atoms with E-state index < -0.39 is 4.92 Å². The van der Waals surface area contributed by atoms with Gasteiger partial charge in [0.2, 0.25) is 0 Å². The van der Waals surface area contributed by atoms with Crippen LogP contribution in [0.4, 0.5) is 11.5 Å². The molecule has 0 atom stereocenters. The van der Waals surface area contributed by atoms with Crippen molar-refractivity contribution in [2.24, 2.45) is 0 Å². The van der Waals surface area contributed by atoms with Crippen LogP contribution in [0, 0.1) is 10.1 Å². The van der Waals surface area contributed by atoms with Crippen molar-refractivity contribution in [2.45, 2.75) is 26.3 Å². The number of nitrogens with one attached hydrogen (secondary N) is 2. The average Bonchev–Trinajstić information content (AvgIpc) is 2.91. The molecule has 118 valence electrons. The predicted molar refractivity (Wildman–Crippen MR) is 89.4 cm³/mol. The molecule has 0 radical (unpaired) electrons. The summed E-state index contributed by atoms with van der Waals surface area (Å²) in [5, 5.41) is 15.1. The molecule has 0 saturated carbocycles. The van der Waals surface area contributed by atoms with Crippen LogP contribution in [0.15, 0.2) is 36.7 Å². The van der Waals surface area contributed by atoms with Crippen molar-refractivity contribution >= 4 is 22.5 Å². The summed E-state index contributed by atoms with van der Waals surface area (Å²) in [4.78, 5) is 22.2. The summed E-state index contributed by atoms with van der Waals surface area (Å²) in [7, 11) is 0. The second kappa shape index (κ2) is 5.35. The Kier molecular flexibility index (Phi) is 3.48. The summed E-state index contributed by atoms with van der Waals surface area (Å²) in [6, 6.07) is 8.40. The maximum Gasteiger partial charge on any atom is 0.270 e. The summed E-state index contributed by atoms with van der Waals surface area (Å²) in [5.41, 5.74) is 2.11. The Bertz CT molecular complexity index is 880. The number of aromatic nitrogens is 3. The fourth-order valence-corrected chi connectivity index (χ4v) is 2.34. The molecule has 23 heavy (non-hydrogen) atoms. The molecule has 0 aliphatic heterocycles. The molecule has 2 N–H and O–H groups in total. The first-order chi connectivity index (χ1) is 10.8. The number of rotatable bonds is 3. The summed E-state index contributed by atoms with van der Waals surface area (Å²) in [6.45, 7) is 6.15. The Morgan fingerprint density at radius 1 is 1.22 bits per heavy atom. The zero-order valence-corrected chi connectivity index (χ0v) is 13.1. The first kappa shape index (κ1) is 15.0. The molecule has 3 aromatic rings. The molecule has 0 amide bonds. The van der Waals surface area contributed by atoms with Crippen LogP contribution in [-0.2, 0) is 0 Å². The molecule has 1 aromatic carbocycles. The lowest BCUT2D eigenvalue weighted by Gasteiger charge is -2.21. The van der Waals surface area contributed by atoms with Crippen LogP contribution < -0.4 is 5.32 Å². The number of H-pyrrole nitrogens is 1. The van der Waals surface area contributed by atoms with Crippen molar-refractivity contribution in [3.63, 3.8) is 0 Å². The zero-order valence-electron chi connectivity index (χ0n) is 13.1. The lowest BCUT2D eigenvalue weighted by atomic mass is 10.1. The summed E-state index contributed by atoms with van der Waals surface area (Å²) in [5.74, 6) is 0.732. The highest BCUT2D eigenvalue weighted by Crippen LogP contribution is 2.29. The Morgan fingerprint density at radius 3 is 2.70 bits per heavy atom. The van der Waals surface area contributed by atoms with Gasteiger partial charge in [0.1, 0.15) is 17.8 Å². The van der Waals surface area contributed by atoms with Gasteiger partial charge >= 0.3 is 0 Å². The maximum absolute atomic E-state index is 10.9. The molecular formula is C16H17N5O2. The second-order valence-corrected chi connectivity index (χ2v) is 6.35. The van der Waals surface area contributed by atoms with Gasteiger partial charge in [0.05, 0.1) is 10.3 Å². The predicted octanol–water partition coefficient (Wildman–Crippen LogP) is 3.74. The number of hydrogen-bond donors (Lipinski definition) is 2. The fourth-order valence-electron chi connectivity index (χ4n) is 2.34. The van der Waals surface area contributed by atoms with E-state index in [9.17, 15) is 10.1 Å². The van der Waals surface area contributed by atoms with Crippen LogP contribution in [-0.4, -0.2) is 25.4 Å². The molecule has 0 fully saturated rings. The van der Waals surface area contributed by atoms with Gasteiger partial charge in [0.25, 0.3) is 5.69 Å². The third kappa shape index (κ3) is 3.13. The van der Waals surface area contributed by atoms with Crippen molar-refractivity contribution in [3.8, 4) is 11.3 Å². The van der Waals surface area contributed by atoms with Gasteiger partial charge in [0, 0.05) is 28.9 Å². The molecule has 2 aromatic heterocycles. The molecule has 2 heterocycles. The van der Waals surface area contributed by atoms with Crippen molar-refractivity contribution in [2.75, 3.05) is 5.32 Å². The van der Waals surface area contributed by atoms with E-state index in [0.717, 1.165) is 22.5 Å². The number of benzene rings is 1. The third-order valence-corrected chi connectivity index (χ3v) is 3.29. The van der Waals surface area contributed by atoms with Gasteiger partial charge < -0.3 is 10.3 Å². The summed E-state index contributed by atoms with van der Waals surface area (Å²) < 4.78 is 0. The first-order valence-electron chi connectivity index (χ1n) is 7.20. The van der Waals surface area contributed by atoms with Gasteiger partial charge in [-0.25, -0.2) is 9.97 Å². The van der Waals surface area contributed by atoms with Crippen molar-refractivity contribution in [1.82, 2.24) is 15.0 Å². The number of fused-ring (bicyclic) bond motifs is 1. The van der Waals surface area contributed by atoms with Gasteiger partial charge in [-0.2, -0.15) is 0 Å². The normalized spacial score (nSPS) is 11.6. The quantitative estimate of drug-likeness (QED) is 0.567. The number of nitro groups is 1. The van der Waals surface area contributed by atoms with Crippen LogP contribution in [0.2, 0.25) is 0 Å². The van der Waals surface area contributed by atoms with E-state index in [1.807, 2.05) is 12.1 Å². The van der Waals surface area contributed by atoms with E-state index in [2.05, 4.69) is 41.0 Å². The molecule has 7 nitrogen and oxygen atoms in total. The van der Waals surface area contributed by atoms with Crippen molar-refractivity contribution in [1.29, 1.82) is 0 Å². The standard InChI is InChI=1S/C16H17N5O2/c1-16(2,3)20-15-12-8-13(19-14(12)17-9-18-15)10-5-4-6-11(7-10)21(22)23/h4-9H,1-3H3,(H2,17,18,19,20). The highest BCUT2D eigenvalue weighted by atomic mass is 16.6. The van der Waals surface area contributed by atoms with Gasteiger partial charge in [-0.1, -0.05) is 12.1 Å². The Hall–Kier alpha value is -2.96. The first-order valence-corrected chi connectivity index (χ1v) is 7.20. The highest BCUT2D eigenvalue weighted by Gasteiger charge is 2.16. The van der Waals surface area contributed by atoms with E-state index in [4.69, 9.17) is 0 Å². The minimum Gasteiger partial charge on any atom is -0.365 e. The topological polar surface area (TPSA) is 96.7 Å². The lowest BCUT2D eigenvalue weighted by Crippen LogP contribution is -2.26. The van der Waals surface area contributed by atoms with Gasteiger partial charge in [-0.05, 0) is 26.8 Å². The Labute approximate surface area is 132 Å². The summed E-state index contributed by atoms with van der Waals surface area (Å²) in [6.07, 6.45) is 1.49. The highest BCUT2D eigenvalue weighted by molar-refractivity contribution is 5.91. The minimum absolute atomic E-state index is 0.0558. The number of aromatic amines is 1. The Morgan fingerprint density at radius 2 is 2.00 bits per heavy atom. The van der Waals surface area contributed by atoms with Crippen LogP contribution >= 0.6 is 0 Å². The smallest absolute Gasteiger partial charge is 0.270 e. The van der Waals surface area contributed by atoms with E-state index in [1.54, 1.807) is 6.07 Å². The van der Waals surface area contributed by atoms with Crippen LogP contribution in [0.5, 0.6) is 0 Å². The fraction of sp³-hybridized carbons (Fsp3) is 0.250. The zero-order chi connectivity index (χ0) is 16.6. The van der Waals surface area contributed by atoms with E-state index in [0.29, 0.717) is 5.65 Å². The van der Waals surface area contributed by atoms with Gasteiger partial charge in [-0.3, -0.25) is 10.1 Å². The number of hydrogen-bond acceptors (Lipinski definition) is 5. The molecule has 0 spiro atoms. The molecule has 7 heteroatoms. The number of anilines is 1. The van der Waals surface area contributed by atoms with E-state index >= 15 is 0 Å². The molecule has 0 unspecified atom stereocenters. The molecule has 0 bridgehead atoms. The third-order valence-electron chi connectivity index (χ3n) is 3.29. The molecule has 0 saturated heterocycles. The monoisotopic (exact) mass is 311 g/mol. The lowest BCUT2D eigenvalue weighted by molar-refractivity contribution is -0.384.